The summed E-state index contributed by atoms with van der Waals surface area (Å²) in [6.07, 6.45) is -1.02. The average Bonchev–Trinajstić information content (AvgIpc) is 2.53. The summed E-state index contributed by atoms with van der Waals surface area (Å²) in [4.78, 5) is 11.1. The molecule has 0 saturated heterocycles. The maximum atomic E-state index is 11.1. The van der Waals surface area contributed by atoms with Gasteiger partial charge in [-0.2, -0.15) is 11.3 Å². The summed E-state index contributed by atoms with van der Waals surface area (Å²) in [6.45, 7) is 0. The van der Waals surface area contributed by atoms with Gasteiger partial charge in [-0.3, -0.25) is 4.79 Å². The molecule has 3 N–H and O–H groups in total. The Bertz CT molecular complexity index is 307. The highest BCUT2D eigenvalue weighted by molar-refractivity contribution is 7.08. The van der Waals surface area contributed by atoms with E-state index < -0.39 is 12.1 Å². The molecule has 0 fully saturated rings. The van der Waals surface area contributed by atoms with E-state index in [0.717, 1.165) is 5.56 Å². The minimum Gasteiger partial charge on any atom is -0.383 e. The van der Waals surface area contributed by atoms with E-state index in [0.29, 0.717) is 5.56 Å². The van der Waals surface area contributed by atoms with E-state index in [-0.39, 0.29) is 5.78 Å². The lowest BCUT2D eigenvalue weighted by molar-refractivity contribution is 0.0736. The highest BCUT2D eigenvalue weighted by Gasteiger charge is 2.36. The number of thiophene rings is 1. The van der Waals surface area contributed by atoms with Gasteiger partial charge < -0.3 is 10.8 Å². The van der Waals surface area contributed by atoms with Crippen molar-refractivity contribution in [2.24, 2.45) is 5.73 Å². The largest absolute Gasteiger partial charge is 0.383 e. The number of Topliss-reactive ketones (excluding diaryl/α,β-unsaturated/α-hetero) is 1. The number of hydrogen-bond acceptors (Lipinski definition) is 4. The summed E-state index contributed by atoms with van der Waals surface area (Å²) >= 11 is 1.44. The Morgan fingerprint density at radius 1 is 1.55 bits per heavy atom. The quantitative estimate of drug-likeness (QED) is 0.587. The Kier molecular flexibility index (Phi) is 1.35. The summed E-state index contributed by atoms with van der Waals surface area (Å²) in [5, 5.41) is 12.8. The number of hydrogen-bond donors (Lipinski definition) is 2. The molecule has 0 radical (unpaired) electrons. The molecule has 0 spiro atoms. The number of carbonyl (C=O) groups excluding carboxylic acids is 1. The van der Waals surface area contributed by atoms with Crippen molar-refractivity contribution in [3.63, 3.8) is 0 Å². The van der Waals surface area contributed by atoms with Gasteiger partial charge in [-0.15, -0.1) is 0 Å². The fourth-order valence-electron chi connectivity index (χ4n) is 1.26. The molecule has 0 aliphatic heterocycles. The first-order chi connectivity index (χ1) is 5.22. The summed E-state index contributed by atoms with van der Waals surface area (Å²) < 4.78 is 0. The van der Waals surface area contributed by atoms with Crippen LogP contribution in [0.15, 0.2) is 10.8 Å². The van der Waals surface area contributed by atoms with Crippen LogP contribution < -0.4 is 5.73 Å². The zero-order valence-electron chi connectivity index (χ0n) is 5.65. The molecule has 58 valence electrons. The van der Waals surface area contributed by atoms with Gasteiger partial charge in [-0.05, 0) is 10.9 Å². The first kappa shape index (κ1) is 6.97. The minimum absolute atomic E-state index is 0.242. The molecule has 1 aromatic rings. The van der Waals surface area contributed by atoms with Crippen LogP contribution in [0, 0.1) is 0 Å². The van der Waals surface area contributed by atoms with Gasteiger partial charge in [0.2, 0.25) is 0 Å². The predicted octanol–water partition coefficient (Wildman–Crippen LogP) is 0.305. The Balaban J connectivity index is 2.56. The van der Waals surface area contributed by atoms with E-state index in [4.69, 9.17) is 5.73 Å². The minimum atomic E-state index is -1.02. The van der Waals surface area contributed by atoms with Gasteiger partial charge in [-0.25, -0.2) is 0 Å². The number of carbonyl (C=O) groups is 1. The third kappa shape index (κ3) is 0.772. The molecule has 3 nitrogen and oxygen atoms in total. The molecule has 0 saturated carbocycles. The third-order valence-corrected chi connectivity index (χ3v) is 2.69. The van der Waals surface area contributed by atoms with Gasteiger partial charge >= 0.3 is 0 Å². The van der Waals surface area contributed by atoms with Crippen LogP contribution in [0.2, 0.25) is 0 Å². The first-order valence-corrected chi connectivity index (χ1v) is 4.20. The topological polar surface area (TPSA) is 63.3 Å². The number of nitrogens with two attached hydrogens (primary N) is 1. The van der Waals surface area contributed by atoms with Crippen molar-refractivity contribution in [2.75, 3.05) is 0 Å². The second-order valence-electron chi connectivity index (χ2n) is 2.58. The molecule has 2 rings (SSSR count). The predicted molar refractivity (Wildman–Crippen MR) is 41.6 cm³/mol. The highest BCUT2D eigenvalue weighted by atomic mass is 32.1. The molecule has 4 heteroatoms. The second-order valence-corrected chi connectivity index (χ2v) is 3.32. The molecule has 0 bridgehead atoms. The monoisotopic (exact) mass is 169 g/mol. The summed E-state index contributed by atoms with van der Waals surface area (Å²) in [7, 11) is 0. The molecular weight excluding hydrogens is 162 g/mol. The maximum absolute atomic E-state index is 11.1. The third-order valence-electron chi connectivity index (χ3n) is 1.93. The lowest BCUT2D eigenvalue weighted by Crippen LogP contribution is -2.25. The molecule has 0 unspecified atom stereocenters. The smallest absolute Gasteiger partial charge is 0.194 e. The lowest BCUT2D eigenvalue weighted by atomic mass is 10.2. The standard InChI is InChI=1S/C7H7NO2S/c8-5-3-1-11-2-4(3)6(9)7(5)10/h1-2,5,7,10H,8H2/t5-,7-/m1/s1. The van der Waals surface area contributed by atoms with E-state index in [1.54, 1.807) is 5.38 Å². The van der Waals surface area contributed by atoms with Crippen LogP contribution in [0.1, 0.15) is 22.0 Å². The van der Waals surface area contributed by atoms with Gasteiger partial charge in [0.1, 0.15) is 6.10 Å². The Labute approximate surface area is 67.5 Å². The first-order valence-electron chi connectivity index (χ1n) is 3.26. The van der Waals surface area contributed by atoms with Crippen LogP contribution in [0.3, 0.4) is 0 Å². The number of ketones is 1. The molecule has 0 amide bonds. The van der Waals surface area contributed by atoms with Crippen molar-refractivity contribution in [1.82, 2.24) is 0 Å². The SMILES string of the molecule is N[C@@H]1c2cscc2C(=O)[C@@H]1O. The van der Waals surface area contributed by atoms with Gasteiger partial charge in [0.25, 0.3) is 0 Å². The van der Waals surface area contributed by atoms with Crippen molar-refractivity contribution < 1.29 is 9.90 Å². The summed E-state index contributed by atoms with van der Waals surface area (Å²) in [6, 6.07) is -0.510. The van der Waals surface area contributed by atoms with Crippen molar-refractivity contribution in [3.05, 3.63) is 21.9 Å². The lowest BCUT2D eigenvalue weighted by Gasteiger charge is -2.05. The fraction of sp³-hybridized carbons (Fsp3) is 0.286. The number of fused-ring (bicyclic) bond motifs is 1. The maximum Gasteiger partial charge on any atom is 0.194 e. The summed E-state index contributed by atoms with van der Waals surface area (Å²) in [5.74, 6) is -0.242. The Morgan fingerprint density at radius 3 is 2.91 bits per heavy atom. The Hall–Kier alpha value is -0.710. The molecule has 0 aromatic carbocycles. The van der Waals surface area contributed by atoms with Crippen LogP contribution in [0.25, 0.3) is 0 Å². The van der Waals surface area contributed by atoms with Crippen LogP contribution in [-0.4, -0.2) is 17.0 Å². The highest BCUT2D eigenvalue weighted by Crippen LogP contribution is 2.32. The van der Waals surface area contributed by atoms with E-state index in [9.17, 15) is 9.90 Å². The van der Waals surface area contributed by atoms with Gasteiger partial charge in [-0.1, -0.05) is 0 Å². The normalized spacial score (nSPS) is 29.1. The molecule has 1 aliphatic rings. The zero-order valence-corrected chi connectivity index (χ0v) is 6.47. The van der Waals surface area contributed by atoms with Crippen molar-refractivity contribution in [3.8, 4) is 0 Å². The average molecular weight is 169 g/mol. The van der Waals surface area contributed by atoms with Crippen LogP contribution in [0.5, 0.6) is 0 Å². The van der Waals surface area contributed by atoms with Crippen molar-refractivity contribution in [1.29, 1.82) is 0 Å². The zero-order chi connectivity index (χ0) is 8.01. The second kappa shape index (κ2) is 2.14. The molecule has 11 heavy (non-hydrogen) atoms. The molecule has 1 aliphatic carbocycles. The van der Waals surface area contributed by atoms with Gasteiger partial charge in [0.15, 0.2) is 5.78 Å². The molecule has 2 atom stereocenters. The van der Waals surface area contributed by atoms with Crippen molar-refractivity contribution in [2.45, 2.75) is 12.1 Å². The van der Waals surface area contributed by atoms with E-state index in [2.05, 4.69) is 0 Å². The van der Waals surface area contributed by atoms with Gasteiger partial charge in [0, 0.05) is 10.9 Å². The fourth-order valence-corrected chi connectivity index (χ4v) is 2.14. The number of aliphatic hydroxyl groups is 1. The summed E-state index contributed by atoms with van der Waals surface area (Å²) in [5.41, 5.74) is 6.94. The van der Waals surface area contributed by atoms with E-state index >= 15 is 0 Å². The molecular formula is C7H7NO2S. The van der Waals surface area contributed by atoms with E-state index in [1.165, 1.54) is 11.3 Å². The molecule has 1 heterocycles. The Morgan fingerprint density at radius 2 is 2.27 bits per heavy atom. The number of rotatable bonds is 0. The van der Waals surface area contributed by atoms with Crippen LogP contribution in [-0.2, 0) is 0 Å². The number of aliphatic hydroxyl groups excluding tert-OH is 1. The van der Waals surface area contributed by atoms with Crippen LogP contribution in [0.4, 0.5) is 0 Å². The molecule has 1 aromatic heterocycles. The van der Waals surface area contributed by atoms with Crippen molar-refractivity contribution >= 4 is 17.1 Å². The van der Waals surface area contributed by atoms with Crippen LogP contribution >= 0.6 is 11.3 Å². The van der Waals surface area contributed by atoms with Gasteiger partial charge in [0.05, 0.1) is 6.04 Å². The van der Waals surface area contributed by atoms with E-state index in [1.807, 2.05) is 5.38 Å².